The van der Waals surface area contributed by atoms with Gasteiger partial charge in [-0.25, -0.2) is 15.0 Å². The SMILES string of the molecule is [2H]c1c([2H])c([2H])c(-c2ccc(-c3cccc(-c4nc(-c5ccccc5)nc(-c5ccc6c(-c7ccc8ccccc8c7)cccc6c5)n4)c3)c3ccccc23)c([2H])c1[2H]. The lowest BCUT2D eigenvalue weighted by Crippen LogP contribution is -2.00. The third-order valence-electron chi connectivity index (χ3n) is 9.99. The van der Waals surface area contributed by atoms with Gasteiger partial charge in [0.05, 0.1) is 6.85 Å². The number of nitrogens with zero attached hydrogens (tertiary/aromatic N) is 3. The highest BCUT2D eigenvalue weighted by molar-refractivity contribution is 6.05. The summed E-state index contributed by atoms with van der Waals surface area (Å²) in [7, 11) is 0. The molecule has 0 atom stereocenters. The number of hydrogen-bond donors (Lipinski definition) is 0. The number of benzene rings is 9. The Morgan fingerprint density at radius 3 is 1.59 bits per heavy atom. The van der Waals surface area contributed by atoms with E-state index in [1.807, 2.05) is 84.9 Å². The van der Waals surface area contributed by atoms with E-state index in [0.717, 1.165) is 60.5 Å². The van der Waals surface area contributed by atoms with E-state index in [1.54, 1.807) is 0 Å². The van der Waals surface area contributed by atoms with Crippen molar-refractivity contribution in [1.82, 2.24) is 15.0 Å². The summed E-state index contributed by atoms with van der Waals surface area (Å²) < 4.78 is 42.0. The summed E-state index contributed by atoms with van der Waals surface area (Å²) in [5.41, 5.74) is 7.47. The van der Waals surface area contributed by atoms with E-state index in [2.05, 4.69) is 84.9 Å². The van der Waals surface area contributed by atoms with Crippen LogP contribution < -0.4 is 0 Å². The average molecular weight is 693 g/mol. The van der Waals surface area contributed by atoms with Crippen LogP contribution in [0.2, 0.25) is 0 Å². The van der Waals surface area contributed by atoms with Gasteiger partial charge in [0.15, 0.2) is 17.5 Å². The van der Waals surface area contributed by atoms with Crippen molar-refractivity contribution in [3.63, 3.8) is 0 Å². The number of aromatic nitrogens is 3. The summed E-state index contributed by atoms with van der Waals surface area (Å²) in [6.07, 6.45) is 0. The highest BCUT2D eigenvalue weighted by Gasteiger charge is 2.16. The molecule has 0 aliphatic heterocycles. The second-order valence-electron chi connectivity index (χ2n) is 13.3. The van der Waals surface area contributed by atoms with Gasteiger partial charge in [0, 0.05) is 16.7 Å². The Bertz CT molecular complexity index is 3260. The van der Waals surface area contributed by atoms with Crippen LogP contribution in [0.15, 0.2) is 200 Å². The fraction of sp³-hybridized carbons (Fsp3) is 0. The van der Waals surface area contributed by atoms with Gasteiger partial charge in [-0.2, -0.15) is 0 Å². The molecule has 1 aromatic heterocycles. The van der Waals surface area contributed by atoms with Crippen LogP contribution in [0, 0.1) is 0 Å². The second kappa shape index (κ2) is 13.4. The molecule has 0 unspecified atom stereocenters. The van der Waals surface area contributed by atoms with Crippen molar-refractivity contribution in [3.05, 3.63) is 200 Å². The van der Waals surface area contributed by atoms with Crippen molar-refractivity contribution < 1.29 is 6.85 Å². The van der Waals surface area contributed by atoms with E-state index < -0.39 is 6.04 Å². The normalized spacial score (nSPS) is 12.6. The molecule has 10 rings (SSSR count). The molecule has 0 radical (unpaired) electrons. The zero-order valence-electron chi connectivity index (χ0n) is 34.0. The molecule has 54 heavy (non-hydrogen) atoms. The molecule has 0 saturated heterocycles. The second-order valence-corrected chi connectivity index (χ2v) is 13.3. The van der Waals surface area contributed by atoms with Crippen LogP contribution >= 0.6 is 0 Å². The maximum Gasteiger partial charge on any atom is 0.164 e. The van der Waals surface area contributed by atoms with Gasteiger partial charge in [-0.05, 0) is 83.9 Å². The van der Waals surface area contributed by atoms with Gasteiger partial charge in [-0.3, -0.25) is 0 Å². The highest BCUT2D eigenvalue weighted by atomic mass is 15.0. The molecule has 0 saturated carbocycles. The van der Waals surface area contributed by atoms with Crippen molar-refractivity contribution in [1.29, 1.82) is 0 Å². The largest absolute Gasteiger partial charge is 0.208 e. The number of rotatable bonds is 6. The molecule has 0 spiro atoms. The molecule has 0 fully saturated rings. The summed E-state index contributed by atoms with van der Waals surface area (Å²) in [4.78, 5) is 15.1. The zero-order valence-corrected chi connectivity index (χ0v) is 29.0. The molecular formula is C51H33N3. The van der Waals surface area contributed by atoms with E-state index in [1.165, 1.54) is 10.8 Å². The summed E-state index contributed by atoms with van der Waals surface area (Å²) in [5.74, 6) is 1.65. The van der Waals surface area contributed by atoms with Crippen LogP contribution in [0.3, 0.4) is 0 Å². The van der Waals surface area contributed by atoms with Crippen LogP contribution in [0.5, 0.6) is 0 Å². The summed E-state index contributed by atoms with van der Waals surface area (Å²) in [6, 6.07) is 55.8. The fourth-order valence-corrected chi connectivity index (χ4v) is 7.36. The van der Waals surface area contributed by atoms with Gasteiger partial charge in [-0.15, -0.1) is 0 Å². The zero-order chi connectivity index (χ0) is 40.2. The Balaban J connectivity index is 1.09. The molecule has 1 heterocycles. The van der Waals surface area contributed by atoms with Crippen LogP contribution in [-0.4, -0.2) is 15.0 Å². The van der Waals surface area contributed by atoms with Crippen LogP contribution in [-0.2, 0) is 0 Å². The minimum absolute atomic E-state index is 0.178. The van der Waals surface area contributed by atoms with E-state index in [-0.39, 0.29) is 29.7 Å². The number of fused-ring (bicyclic) bond motifs is 3. The van der Waals surface area contributed by atoms with Crippen molar-refractivity contribution in [2.24, 2.45) is 0 Å². The third-order valence-corrected chi connectivity index (χ3v) is 9.99. The molecule has 0 aliphatic carbocycles. The molecule has 252 valence electrons. The van der Waals surface area contributed by atoms with E-state index in [4.69, 9.17) is 21.8 Å². The molecule has 10 aromatic rings. The number of hydrogen-bond acceptors (Lipinski definition) is 3. The smallest absolute Gasteiger partial charge is 0.164 e. The molecule has 0 aliphatic rings. The first-order valence-corrected chi connectivity index (χ1v) is 17.9. The Hall–Kier alpha value is -7.23. The first-order chi connectivity index (χ1) is 28.8. The Kier molecular flexibility index (Phi) is 6.58. The lowest BCUT2D eigenvalue weighted by molar-refractivity contribution is 1.07. The maximum atomic E-state index is 8.67. The quantitative estimate of drug-likeness (QED) is 0.174. The predicted octanol–water partition coefficient (Wildman–Crippen LogP) is 13.3. The molecule has 0 N–H and O–H groups in total. The molecule has 0 amide bonds. The first kappa shape index (κ1) is 26.5. The summed E-state index contributed by atoms with van der Waals surface area (Å²) in [6.45, 7) is 0. The van der Waals surface area contributed by atoms with Crippen LogP contribution in [0.25, 0.3) is 99.9 Å². The van der Waals surface area contributed by atoms with Crippen molar-refractivity contribution in [2.45, 2.75) is 0 Å². The molecular weight excluding hydrogens is 655 g/mol. The lowest BCUT2D eigenvalue weighted by Gasteiger charge is -2.13. The fourth-order valence-electron chi connectivity index (χ4n) is 7.36. The van der Waals surface area contributed by atoms with E-state index in [9.17, 15) is 0 Å². The van der Waals surface area contributed by atoms with Crippen molar-refractivity contribution in [2.75, 3.05) is 0 Å². The van der Waals surface area contributed by atoms with Gasteiger partial charge in [0.25, 0.3) is 0 Å². The van der Waals surface area contributed by atoms with Gasteiger partial charge in [-0.1, -0.05) is 182 Å². The van der Waals surface area contributed by atoms with Crippen molar-refractivity contribution in [3.8, 4) is 67.5 Å². The van der Waals surface area contributed by atoms with Gasteiger partial charge < -0.3 is 0 Å². The summed E-state index contributed by atoms with van der Waals surface area (Å²) in [5, 5.41) is 6.30. The average Bonchev–Trinajstić information content (AvgIpc) is 3.30. The predicted molar refractivity (Wildman–Crippen MR) is 225 cm³/mol. The Morgan fingerprint density at radius 2 is 0.815 bits per heavy atom. The van der Waals surface area contributed by atoms with Gasteiger partial charge in [0.2, 0.25) is 0 Å². The summed E-state index contributed by atoms with van der Waals surface area (Å²) >= 11 is 0. The molecule has 3 nitrogen and oxygen atoms in total. The minimum atomic E-state index is -0.412. The Labute approximate surface area is 321 Å². The lowest BCUT2D eigenvalue weighted by atomic mass is 9.91. The standard InChI is InChI=1S/C51H33N3/c1-3-14-35(15-4-1)44-29-30-46(48-23-10-9-22-47(44)48)39-19-11-21-41(32-39)50-52-49(36-16-5-2-6-17-36)53-51(54-50)42-27-28-45-38(33-42)20-12-24-43(45)40-26-25-34-13-7-8-18-37(34)31-40/h1-33H/i1D,3D,4D,14D,15D. The third kappa shape index (κ3) is 5.78. The van der Waals surface area contributed by atoms with E-state index >= 15 is 0 Å². The first-order valence-electron chi connectivity index (χ1n) is 20.4. The van der Waals surface area contributed by atoms with Crippen LogP contribution in [0.4, 0.5) is 0 Å². The van der Waals surface area contributed by atoms with Crippen molar-refractivity contribution >= 4 is 32.3 Å². The maximum absolute atomic E-state index is 8.67. The monoisotopic (exact) mass is 692 g/mol. The van der Waals surface area contributed by atoms with Crippen LogP contribution in [0.1, 0.15) is 6.85 Å². The molecule has 9 aromatic carbocycles. The van der Waals surface area contributed by atoms with E-state index in [0.29, 0.717) is 23.0 Å². The molecule has 0 bridgehead atoms. The topological polar surface area (TPSA) is 38.7 Å². The van der Waals surface area contributed by atoms with Gasteiger partial charge in [0.1, 0.15) is 0 Å². The molecule has 3 heteroatoms. The highest BCUT2D eigenvalue weighted by Crippen LogP contribution is 2.38. The Morgan fingerprint density at radius 1 is 0.296 bits per heavy atom. The van der Waals surface area contributed by atoms with Gasteiger partial charge >= 0.3 is 0 Å². The minimum Gasteiger partial charge on any atom is -0.208 e.